The van der Waals surface area contributed by atoms with E-state index in [1.165, 1.54) is 44.2 Å². The molecule has 1 nitrogen and oxygen atoms in total. The summed E-state index contributed by atoms with van der Waals surface area (Å²) in [6, 6.07) is 62.8. The summed E-state index contributed by atoms with van der Waals surface area (Å²) in [7, 11) is 0. The van der Waals surface area contributed by atoms with E-state index < -0.39 is 0 Å². The zero-order valence-electron chi connectivity index (χ0n) is 22.7. The monoisotopic (exact) mass is 523 g/mol. The number of hydrogen-bond acceptors (Lipinski definition) is 1. The van der Waals surface area contributed by atoms with Crippen molar-refractivity contribution in [1.82, 2.24) is 0 Å². The summed E-state index contributed by atoms with van der Waals surface area (Å²) < 4.78 is 0. The summed E-state index contributed by atoms with van der Waals surface area (Å²) in [4.78, 5) is 2.36. The molecule has 0 aliphatic carbocycles. The Morgan fingerprint density at radius 1 is 0.317 bits per heavy atom. The number of nitrogens with zero attached hydrogens (tertiary/aromatic N) is 1. The van der Waals surface area contributed by atoms with E-state index in [9.17, 15) is 0 Å². The van der Waals surface area contributed by atoms with E-state index in [1.54, 1.807) is 0 Å². The minimum Gasteiger partial charge on any atom is -0.310 e. The fourth-order valence-electron chi connectivity index (χ4n) is 5.70. The molecule has 194 valence electrons. The molecule has 0 aliphatic heterocycles. The smallest absolute Gasteiger partial charge is 0.0540 e. The van der Waals surface area contributed by atoms with Crippen LogP contribution in [0.4, 0.5) is 17.1 Å². The summed E-state index contributed by atoms with van der Waals surface area (Å²) in [6.45, 7) is 0. The van der Waals surface area contributed by atoms with Crippen LogP contribution in [0.1, 0.15) is 0 Å². The summed E-state index contributed by atoms with van der Waals surface area (Å²) in [6.07, 6.45) is 0. The first kappa shape index (κ1) is 24.6. The third-order valence-corrected chi connectivity index (χ3v) is 7.65. The lowest BCUT2D eigenvalue weighted by Crippen LogP contribution is -2.11. The number of hydrogen-bond donors (Lipinski definition) is 0. The van der Waals surface area contributed by atoms with Crippen LogP contribution in [0, 0.1) is 0 Å². The Bertz CT molecular complexity index is 1930. The Morgan fingerprint density at radius 3 is 1.71 bits per heavy atom. The second-order valence-corrected chi connectivity index (χ2v) is 10.2. The molecular weight excluding hydrogens is 494 g/mol. The summed E-state index contributed by atoms with van der Waals surface area (Å²) in [5.74, 6) is 0. The minimum atomic E-state index is 1.12. The van der Waals surface area contributed by atoms with Crippen molar-refractivity contribution in [3.8, 4) is 33.4 Å². The largest absolute Gasteiger partial charge is 0.310 e. The van der Waals surface area contributed by atoms with Crippen LogP contribution >= 0.6 is 0 Å². The van der Waals surface area contributed by atoms with Gasteiger partial charge in [-0.25, -0.2) is 0 Å². The molecule has 7 aromatic carbocycles. The Balaban J connectivity index is 1.35. The highest BCUT2D eigenvalue weighted by atomic mass is 15.1. The number of fused-ring (bicyclic) bond motifs is 1. The molecular formula is C40H29N. The second kappa shape index (κ2) is 11.0. The van der Waals surface area contributed by atoms with Gasteiger partial charge in [0.15, 0.2) is 0 Å². The van der Waals surface area contributed by atoms with Crippen LogP contribution in [0.15, 0.2) is 176 Å². The van der Waals surface area contributed by atoms with Gasteiger partial charge >= 0.3 is 0 Å². The highest BCUT2D eigenvalue weighted by Gasteiger charge is 2.17. The SMILES string of the molecule is c1ccc(-c2ccccc2N(c2ccccc2)c2cccc(-c3cccc(-c4cccc5ccccc45)c3)c2)cc1. The van der Waals surface area contributed by atoms with Gasteiger partial charge in [-0.3, -0.25) is 0 Å². The summed E-state index contributed by atoms with van der Waals surface area (Å²) in [5, 5.41) is 2.53. The van der Waals surface area contributed by atoms with Crippen LogP contribution in [0.25, 0.3) is 44.2 Å². The van der Waals surface area contributed by atoms with Gasteiger partial charge in [-0.2, -0.15) is 0 Å². The third-order valence-electron chi connectivity index (χ3n) is 7.65. The predicted molar refractivity (Wildman–Crippen MR) is 175 cm³/mol. The van der Waals surface area contributed by atoms with Crippen LogP contribution in [0.2, 0.25) is 0 Å². The van der Waals surface area contributed by atoms with Gasteiger partial charge in [0.05, 0.1) is 5.69 Å². The van der Waals surface area contributed by atoms with E-state index in [2.05, 4.69) is 181 Å². The maximum atomic E-state index is 2.36. The molecule has 1 heteroatoms. The molecule has 0 saturated carbocycles. The van der Waals surface area contributed by atoms with Crippen molar-refractivity contribution in [1.29, 1.82) is 0 Å². The van der Waals surface area contributed by atoms with Gasteiger partial charge in [0.1, 0.15) is 0 Å². The maximum Gasteiger partial charge on any atom is 0.0540 e. The standard InChI is InChI=1S/C40H29N/c1-3-14-31(15-4-1)39-25-9-10-27-40(39)41(35-21-5-2-6-22-35)36-23-12-19-33(29-36)32-18-11-20-34(28-32)38-26-13-17-30-16-7-8-24-37(30)38/h1-29H. The minimum absolute atomic E-state index is 1.12. The first-order chi connectivity index (χ1) is 20.3. The Hall–Kier alpha value is -5.40. The fourth-order valence-corrected chi connectivity index (χ4v) is 5.70. The van der Waals surface area contributed by atoms with Crippen LogP contribution in [-0.4, -0.2) is 0 Å². The second-order valence-electron chi connectivity index (χ2n) is 10.2. The third kappa shape index (κ3) is 4.90. The van der Waals surface area contributed by atoms with Crippen LogP contribution in [0.3, 0.4) is 0 Å². The Labute approximate surface area is 241 Å². The normalized spacial score (nSPS) is 10.9. The maximum absolute atomic E-state index is 2.36. The van der Waals surface area contributed by atoms with Gasteiger partial charge in [-0.15, -0.1) is 0 Å². The topological polar surface area (TPSA) is 3.24 Å². The lowest BCUT2D eigenvalue weighted by molar-refractivity contribution is 1.28. The molecule has 0 fully saturated rings. The van der Waals surface area contributed by atoms with Crippen molar-refractivity contribution in [3.05, 3.63) is 176 Å². The van der Waals surface area contributed by atoms with Crippen LogP contribution in [0.5, 0.6) is 0 Å². The molecule has 7 aromatic rings. The fraction of sp³-hybridized carbons (Fsp3) is 0. The van der Waals surface area contributed by atoms with Gasteiger partial charge in [-0.1, -0.05) is 140 Å². The van der Waals surface area contributed by atoms with Crippen molar-refractivity contribution in [2.24, 2.45) is 0 Å². The highest BCUT2D eigenvalue weighted by molar-refractivity contribution is 5.97. The number of benzene rings is 7. The van der Waals surface area contributed by atoms with Crippen LogP contribution in [-0.2, 0) is 0 Å². The van der Waals surface area contributed by atoms with Gasteiger partial charge in [0.2, 0.25) is 0 Å². The van der Waals surface area contributed by atoms with E-state index in [4.69, 9.17) is 0 Å². The molecule has 0 amide bonds. The van der Waals surface area contributed by atoms with E-state index in [1.807, 2.05) is 0 Å². The molecule has 0 heterocycles. The van der Waals surface area contributed by atoms with Crippen LogP contribution < -0.4 is 4.90 Å². The number of rotatable bonds is 6. The van der Waals surface area contributed by atoms with E-state index >= 15 is 0 Å². The van der Waals surface area contributed by atoms with E-state index in [0.717, 1.165) is 17.1 Å². The number of anilines is 3. The van der Waals surface area contributed by atoms with Gasteiger partial charge in [0, 0.05) is 16.9 Å². The van der Waals surface area contributed by atoms with Crippen molar-refractivity contribution in [2.75, 3.05) is 4.90 Å². The summed E-state index contributed by atoms with van der Waals surface area (Å²) >= 11 is 0. The first-order valence-corrected chi connectivity index (χ1v) is 14.0. The molecule has 0 saturated heterocycles. The molecule has 0 radical (unpaired) electrons. The molecule has 41 heavy (non-hydrogen) atoms. The predicted octanol–water partition coefficient (Wildman–Crippen LogP) is 11.3. The molecule has 0 N–H and O–H groups in total. The lowest BCUT2D eigenvalue weighted by atomic mass is 9.95. The van der Waals surface area contributed by atoms with Crippen molar-refractivity contribution in [2.45, 2.75) is 0 Å². The number of para-hydroxylation sites is 2. The molecule has 0 spiro atoms. The van der Waals surface area contributed by atoms with E-state index in [0.29, 0.717) is 0 Å². The lowest BCUT2D eigenvalue weighted by Gasteiger charge is -2.28. The molecule has 0 unspecified atom stereocenters. The van der Waals surface area contributed by atoms with Gasteiger partial charge in [-0.05, 0) is 75.0 Å². The van der Waals surface area contributed by atoms with Crippen molar-refractivity contribution in [3.63, 3.8) is 0 Å². The van der Waals surface area contributed by atoms with Gasteiger partial charge in [0.25, 0.3) is 0 Å². The van der Waals surface area contributed by atoms with Crippen molar-refractivity contribution >= 4 is 27.8 Å². The Kier molecular flexibility index (Phi) is 6.61. The average Bonchev–Trinajstić information content (AvgIpc) is 3.06. The molecule has 0 aromatic heterocycles. The van der Waals surface area contributed by atoms with E-state index in [-0.39, 0.29) is 0 Å². The van der Waals surface area contributed by atoms with Gasteiger partial charge < -0.3 is 4.90 Å². The highest BCUT2D eigenvalue weighted by Crippen LogP contribution is 2.42. The zero-order chi connectivity index (χ0) is 27.4. The molecule has 0 atom stereocenters. The molecule has 7 rings (SSSR count). The average molecular weight is 524 g/mol. The van der Waals surface area contributed by atoms with Crippen molar-refractivity contribution < 1.29 is 0 Å². The zero-order valence-corrected chi connectivity index (χ0v) is 22.7. The quantitative estimate of drug-likeness (QED) is 0.209. The summed E-state index contributed by atoms with van der Waals surface area (Å²) in [5.41, 5.74) is 10.6. The molecule has 0 bridgehead atoms. The molecule has 0 aliphatic rings. The first-order valence-electron chi connectivity index (χ1n) is 14.0. The Morgan fingerprint density at radius 2 is 0.854 bits per heavy atom.